The van der Waals surface area contributed by atoms with Gasteiger partial charge in [0.05, 0.1) is 12.7 Å². The number of halogens is 4. The lowest BCUT2D eigenvalue weighted by Gasteiger charge is -2.17. The van der Waals surface area contributed by atoms with E-state index in [0.29, 0.717) is 6.61 Å². The first-order valence-electron chi connectivity index (χ1n) is 18.0. The van der Waals surface area contributed by atoms with E-state index in [9.17, 15) is 0 Å². The molecule has 6 nitrogen and oxygen atoms in total. The molecule has 278 valence electrons. The lowest BCUT2D eigenvalue weighted by atomic mass is 10.0. The monoisotopic (exact) mass is 726 g/mol. The number of rotatable bonds is 36. The highest BCUT2D eigenvalue weighted by atomic mass is 35.5. The van der Waals surface area contributed by atoms with Gasteiger partial charge in [-0.2, -0.15) is 0 Å². The summed E-state index contributed by atoms with van der Waals surface area (Å²) in [4.78, 5) is 0. The number of hydrogen-bond donors (Lipinski definition) is 4. The minimum Gasteiger partial charge on any atom is -0.388 e. The minimum atomic E-state index is 0. The Labute approximate surface area is 305 Å². The second kappa shape index (κ2) is 51.3. The van der Waals surface area contributed by atoms with Gasteiger partial charge in [-0.3, -0.25) is 0 Å². The molecule has 0 spiro atoms. The third-order valence-corrected chi connectivity index (χ3v) is 7.61. The van der Waals surface area contributed by atoms with Crippen LogP contribution in [-0.2, 0) is 9.47 Å². The van der Waals surface area contributed by atoms with Gasteiger partial charge in [0.2, 0.25) is 0 Å². The molecule has 0 amide bonds. The molecule has 0 heterocycles. The molecule has 0 aliphatic heterocycles. The Morgan fingerprint density at radius 2 is 1.02 bits per heavy atom. The van der Waals surface area contributed by atoms with Gasteiger partial charge in [0.1, 0.15) is 0 Å². The molecular weight excluding hydrogens is 650 g/mol. The lowest BCUT2D eigenvalue weighted by Crippen LogP contribution is -2.31. The molecule has 0 aliphatic carbocycles. The van der Waals surface area contributed by atoms with Gasteiger partial charge in [-0.25, -0.2) is 0 Å². The van der Waals surface area contributed by atoms with Crippen molar-refractivity contribution < 1.29 is 9.47 Å². The summed E-state index contributed by atoms with van der Waals surface area (Å²) in [6.45, 7) is 15.9. The summed E-state index contributed by atoms with van der Waals surface area (Å²) in [6, 6.07) is 0. The van der Waals surface area contributed by atoms with Crippen LogP contribution >= 0.6 is 49.6 Å². The fourth-order valence-corrected chi connectivity index (χ4v) is 5.04. The lowest BCUT2D eigenvalue weighted by molar-refractivity contribution is -0.00998. The first-order valence-corrected chi connectivity index (χ1v) is 18.0. The molecule has 0 aliphatic rings. The first-order chi connectivity index (χ1) is 20.3. The molecule has 0 aromatic rings. The van der Waals surface area contributed by atoms with E-state index >= 15 is 0 Å². The zero-order chi connectivity index (χ0) is 29.7. The van der Waals surface area contributed by atoms with Gasteiger partial charge in [0.25, 0.3) is 0 Å². The van der Waals surface area contributed by atoms with E-state index in [1.54, 1.807) is 0 Å². The second-order valence-corrected chi connectivity index (χ2v) is 11.6. The van der Waals surface area contributed by atoms with Crippen molar-refractivity contribution in [1.29, 1.82) is 0 Å². The van der Waals surface area contributed by atoms with Crippen LogP contribution in [0.2, 0.25) is 0 Å². The van der Waals surface area contributed by atoms with Crippen molar-refractivity contribution in [2.75, 3.05) is 65.6 Å². The van der Waals surface area contributed by atoms with Gasteiger partial charge in [0.15, 0.2) is 0 Å². The Morgan fingerprint density at radius 1 is 0.533 bits per heavy atom. The standard InChI is InChI=1S/C35H74N4O2.4ClH/c1-4-7-8-9-10-11-12-13-14-15-16-17-18-19-20-23-32-40-34-35(41-6-3)33-39-31-25-30-38-27-22-21-26-37-29-24-28-36-5-2;;;;/h25,31,35-39H,4-24,26-30,32-34H2,1-3H3;4*1H. The van der Waals surface area contributed by atoms with Crippen molar-refractivity contribution in [2.45, 2.75) is 149 Å². The SMILES string of the molecule is CCCCCCCCCCCCCCCCCCOCC(CNC=CCNCCCCNCCCNCC)OCC.Cl.Cl.Cl.Cl. The Kier molecular flexibility index (Phi) is 62.7. The molecule has 0 aromatic heterocycles. The minimum absolute atomic E-state index is 0. The average molecular weight is 729 g/mol. The largest absolute Gasteiger partial charge is 0.388 e. The molecule has 0 bridgehead atoms. The Morgan fingerprint density at radius 3 is 1.56 bits per heavy atom. The predicted molar refractivity (Wildman–Crippen MR) is 210 cm³/mol. The molecule has 0 fully saturated rings. The van der Waals surface area contributed by atoms with Crippen LogP contribution in [-0.4, -0.2) is 71.7 Å². The van der Waals surface area contributed by atoms with Crippen LogP contribution in [0.1, 0.15) is 143 Å². The molecule has 0 saturated heterocycles. The van der Waals surface area contributed by atoms with Crippen LogP contribution in [0.15, 0.2) is 12.3 Å². The topological polar surface area (TPSA) is 66.6 Å². The van der Waals surface area contributed by atoms with E-state index in [2.05, 4.69) is 48.1 Å². The quantitative estimate of drug-likeness (QED) is 0.0483. The zero-order valence-electron chi connectivity index (χ0n) is 29.7. The number of unbranched alkanes of at least 4 members (excludes halogenated alkanes) is 16. The van der Waals surface area contributed by atoms with Crippen LogP contribution in [0.5, 0.6) is 0 Å². The molecule has 0 saturated carbocycles. The first kappa shape index (κ1) is 54.9. The summed E-state index contributed by atoms with van der Waals surface area (Å²) < 4.78 is 11.8. The molecule has 0 rings (SSSR count). The molecule has 45 heavy (non-hydrogen) atoms. The Balaban J connectivity index is -0.00000133. The average Bonchev–Trinajstić information content (AvgIpc) is 2.98. The van der Waals surface area contributed by atoms with Crippen molar-refractivity contribution in [3.05, 3.63) is 12.3 Å². The van der Waals surface area contributed by atoms with Gasteiger partial charge in [0, 0.05) is 26.3 Å². The van der Waals surface area contributed by atoms with E-state index in [4.69, 9.17) is 9.47 Å². The summed E-state index contributed by atoms with van der Waals surface area (Å²) in [6.07, 6.45) is 30.4. The summed E-state index contributed by atoms with van der Waals surface area (Å²) >= 11 is 0. The van der Waals surface area contributed by atoms with E-state index in [1.807, 2.05) is 6.20 Å². The Hall–Kier alpha value is 0.500. The van der Waals surface area contributed by atoms with Gasteiger partial charge < -0.3 is 30.7 Å². The highest BCUT2D eigenvalue weighted by Crippen LogP contribution is 2.13. The smallest absolute Gasteiger partial charge is 0.0979 e. The highest BCUT2D eigenvalue weighted by molar-refractivity contribution is 5.86. The molecule has 0 aromatic carbocycles. The maximum Gasteiger partial charge on any atom is 0.0979 e. The van der Waals surface area contributed by atoms with Crippen LogP contribution in [0.3, 0.4) is 0 Å². The van der Waals surface area contributed by atoms with Gasteiger partial charge in [-0.05, 0) is 71.5 Å². The van der Waals surface area contributed by atoms with E-state index in [-0.39, 0.29) is 55.7 Å². The maximum absolute atomic E-state index is 5.93. The number of ether oxygens (including phenoxy) is 2. The molecular formula is C35H78Cl4N4O2. The van der Waals surface area contributed by atoms with Gasteiger partial charge in [-0.1, -0.05) is 116 Å². The van der Waals surface area contributed by atoms with Gasteiger partial charge in [-0.15, -0.1) is 49.6 Å². The number of nitrogens with one attached hydrogen (secondary N) is 4. The van der Waals surface area contributed by atoms with E-state index in [1.165, 1.54) is 122 Å². The van der Waals surface area contributed by atoms with Crippen molar-refractivity contribution >= 4 is 49.6 Å². The van der Waals surface area contributed by atoms with E-state index < -0.39 is 0 Å². The molecule has 4 N–H and O–H groups in total. The maximum atomic E-state index is 5.93. The van der Waals surface area contributed by atoms with Gasteiger partial charge >= 0.3 is 0 Å². The molecule has 1 atom stereocenters. The normalized spacial score (nSPS) is 11.4. The fraction of sp³-hybridized carbons (Fsp3) is 0.943. The summed E-state index contributed by atoms with van der Waals surface area (Å²) in [7, 11) is 0. The van der Waals surface area contributed by atoms with Crippen LogP contribution in [0, 0.1) is 0 Å². The second-order valence-electron chi connectivity index (χ2n) is 11.6. The highest BCUT2D eigenvalue weighted by Gasteiger charge is 2.07. The molecule has 0 radical (unpaired) electrons. The van der Waals surface area contributed by atoms with Crippen LogP contribution in [0.25, 0.3) is 0 Å². The summed E-state index contributed by atoms with van der Waals surface area (Å²) in [5.74, 6) is 0. The fourth-order valence-electron chi connectivity index (χ4n) is 5.04. The predicted octanol–water partition coefficient (Wildman–Crippen LogP) is 9.42. The third kappa shape index (κ3) is 49.0. The van der Waals surface area contributed by atoms with Crippen molar-refractivity contribution in [3.8, 4) is 0 Å². The van der Waals surface area contributed by atoms with Crippen molar-refractivity contribution in [2.24, 2.45) is 0 Å². The zero-order valence-corrected chi connectivity index (χ0v) is 33.0. The van der Waals surface area contributed by atoms with E-state index in [0.717, 1.165) is 59.0 Å². The number of hydrogen-bond acceptors (Lipinski definition) is 6. The van der Waals surface area contributed by atoms with Crippen LogP contribution in [0.4, 0.5) is 0 Å². The summed E-state index contributed by atoms with van der Waals surface area (Å²) in [5.41, 5.74) is 0. The Bertz CT molecular complexity index is 512. The van der Waals surface area contributed by atoms with Crippen molar-refractivity contribution in [1.82, 2.24) is 21.3 Å². The molecule has 10 heteroatoms. The summed E-state index contributed by atoms with van der Waals surface area (Å²) in [5, 5.41) is 13.7. The van der Waals surface area contributed by atoms with Crippen LogP contribution < -0.4 is 21.3 Å². The molecule has 1 unspecified atom stereocenters. The third-order valence-electron chi connectivity index (χ3n) is 7.61. The van der Waals surface area contributed by atoms with Crippen molar-refractivity contribution in [3.63, 3.8) is 0 Å².